The molecule has 0 aliphatic rings. The minimum Gasteiger partial charge on any atom is -0.341 e. The van der Waals surface area contributed by atoms with Crippen molar-refractivity contribution in [3.8, 4) is 11.3 Å². The molecule has 2 heterocycles. The Bertz CT molecular complexity index is 1850. The summed E-state index contributed by atoms with van der Waals surface area (Å²) in [6.45, 7) is 4.62. The lowest BCUT2D eigenvalue weighted by Gasteiger charge is -2.36. The summed E-state index contributed by atoms with van der Waals surface area (Å²) in [4.78, 5) is 26.4. The second kappa shape index (κ2) is 11.4. The Morgan fingerprint density at radius 2 is 1.14 bits per heavy atom. The van der Waals surface area contributed by atoms with E-state index in [9.17, 15) is 9.59 Å². The first kappa shape index (κ1) is 27.6. The van der Waals surface area contributed by atoms with E-state index >= 15 is 0 Å². The van der Waals surface area contributed by atoms with Crippen molar-refractivity contribution in [2.75, 3.05) is 5.75 Å². The van der Waals surface area contributed by atoms with E-state index in [0.29, 0.717) is 16.7 Å². The van der Waals surface area contributed by atoms with Crippen LogP contribution in [0.3, 0.4) is 0 Å². The zero-order valence-corrected chi connectivity index (χ0v) is 24.5. The molecule has 0 aliphatic carbocycles. The highest BCUT2D eigenvalue weighted by Crippen LogP contribution is 2.49. The largest absolute Gasteiger partial charge is 0.341 e. The first-order valence-electron chi connectivity index (χ1n) is 13.9. The summed E-state index contributed by atoms with van der Waals surface area (Å²) in [7, 11) is 3.24. The maximum atomic E-state index is 13.5. The second-order valence-electron chi connectivity index (χ2n) is 10.5. The van der Waals surface area contributed by atoms with Crippen LogP contribution in [0.1, 0.15) is 22.7 Å². The molecule has 5 nitrogen and oxygen atoms in total. The molecule has 0 amide bonds. The van der Waals surface area contributed by atoms with E-state index in [1.165, 1.54) is 28.3 Å². The van der Waals surface area contributed by atoms with Crippen molar-refractivity contribution in [1.29, 1.82) is 0 Å². The van der Waals surface area contributed by atoms with Crippen molar-refractivity contribution in [2.24, 2.45) is 14.1 Å². The number of aryl methyl sites for hydroxylation is 1. The molecule has 0 unspecified atom stereocenters. The van der Waals surface area contributed by atoms with Gasteiger partial charge in [0, 0.05) is 32.1 Å². The minimum atomic E-state index is -0.498. The number of fused-ring (bicyclic) bond motifs is 1. The van der Waals surface area contributed by atoms with Crippen molar-refractivity contribution in [1.82, 2.24) is 13.7 Å². The van der Waals surface area contributed by atoms with Gasteiger partial charge in [-0.1, -0.05) is 121 Å². The van der Waals surface area contributed by atoms with Crippen LogP contribution in [0.4, 0.5) is 0 Å². The average Bonchev–Trinajstić information content (AvgIpc) is 3.46. The molecule has 209 valence electrons. The monoisotopic (exact) mass is 570 g/mol. The molecule has 0 bridgehead atoms. The summed E-state index contributed by atoms with van der Waals surface area (Å²) >= 11 is 1.82. The van der Waals surface area contributed by atoms with Gasteiger partial charge >= 0.3 is 5.69 Å². The molecule has 1 atom stereocenters. The summed E-state index contributed by atoms with van der Waals surface area (Å²) in [6.07, 6.45) is 1.91. The van der Waals surface area contributed by atoms with E-state index < -0.39 is 4.75 Å². The van der Waals surface area contributed by atoms with Crippen LogP contribution in [0.2, 0.25) is 0 Å². The number of hydrogen-bond acceptors (Lipinski definition) is 3. The molecule has 2 aromatic heterocycles. The summed E-state index contributed by atoms with van der Waals surface area (Å²) < 4.78 is 4.29. The molecule has 0 saturated heterocycles. The molecule has 42 heavy (non-hydrogen) atoms. The molecular weight excluding hydrogens is 538 g/mol. The standard InChI is InChI=1S/C36H32N3O2S/c1-26(39-24-31-32(33(39)27-16-8-4-9-17-27)34(40)38(3)35(41)37(31)2)25-42-36(28-18-10-5-11-19-28,29-20-12-6-13-21-29)30-22-14-7-15-23-30/h4-24,26H,1,25H2,2-3H3/t26-/m0/s1. The number of hydrogen-bond donors (Lipinski definition) is 0. The van der Waals surface area contributed by atoms with Gasteiger partial charge in [0.25, 0.3) is 5.56 Å². The van der Waals surface area contributed by atoms with Crippen LogP contribution in [-0.2, 0) is 18.8 Å². The molecule has 1 radical (unpaired) electrons. The molecule has 0 N–H and O–H groups in total. The Labute approximate surface area is 249 Å². The highest BCUT2D eigenvalue weighted by molar-refractivity contribution is 8.00. The normalized spacial score (nSPS) is 12.5. The van der Waals surface area contributed by atoms with Crippen molar-refractivity contribution < 1.29 is 0 Å². The van der Waals surface area contributed by atoms with Crippen molar-refractivity contribution in [3.63, 3.8) is 0 Å². The first-order valence-corrected chi connectivity index (χ1v) is 14.9. The number of aromatic nitrogens is 3. The first-order chi connectivity index (χ1) is 20.4. The molecule has 0 fully saturated rings. The molecule has 0 aliphatic heterocycles. The molecule has 0 saturated carbocycles. The summed E-state index contributed by atoms with van der Waals surface area (Å²) in [6, 6.07) is 41.4. The zero-order valence-electron chi connectivity index (χ0n) is 23.7. The van der Waals surface area contributed by atoms with Gasteiger partial charge in [0.2, 0.25) is 0 Å². The van der Waals surface area contributed by atoms with Crippen LogP contribution < -0.4 is 11.2 Å². The number of thioether (sulfide) groups is 1. The lowest BCUT2D eigenvalue weighted by Crippen LogP contribution is -2.36. The van der Waals surface area contributed by atoms with E-state index in [1.54, 1.807) is 11.6 Å². The zero-order chi connectivity index (χ0) is 29.3. The van der Waals surface area contributed by atoms with Crippen molar-refractivity contribution in [3.05, 3.63) is 172 Å². The Morgan fingerprint density at radius 1 is 0.690 bits per heavy atom. The minimum absolute atomic E-state index is 0.257. The topological polar surface area (TPSA) is 48.9 Å². The number of benzene rings is 4. The second-order valence-corrected chi connectivity index (χ2v) is 11.7. The third-order valence-electron chi connectivity index (χ3n) is 7.94. The van der Waals surface area contributed by atoms with Crippen LogP contribution in [-0.4, -0.2) is 19.5 Å². The van der Waals surface area contributed by atoms with E-state index in [2.05, 4.69) is 84.3 Å². The van der Waals surface area contributed by atoms with Crippen molar-refractivity contribution in [2.45, 2.75) is 10.8 Å². The van der Waals surface area contributed by atoms with Crippen molar-refractivity contribution >= 4 is 22.7 Å². The fraction of sp³-hybridized carbons (Fsp3) is 0.139. The van der Waals surface area contributed by atoms with E-state index in [1.807, 2.05) is 66.5 Å². The van der Waals surface area contributed by atoms with Gasteiger partial charge in [-0.15, -0.1) is 11.8 Å². The Hall–Kier alpha value is -4.55. The van der Waals surface area contributed by atoms with Crippen LogP contribution in [0.5, 0.6) is 0 Å². The average molecular weight is 571 g/mol. The third kappa shape index (κ3) is 4.62. The Morgan fingerprint density at radius 3 is 1.62 bits per heavy atom. The van der Waals surface area contributed by atoms with E-state index in [-0.39, 0.29) is 17.3 Å². The maximum Gasteiger partial charge on any atom is 0.330 e. The quantitative estimate of drug-likeness (QED) is 0.189. The lowest BCUT2D eigenvalue weighted by atomic mass is 9.84. The Kier molecular flexibility index (Phi) is 7.48. The Balaban J connectivity index is 1.53. The fourth-order valence-electron chi connectivity index (χ4n) is 5.81. The highest BCUT2D eigenvalue weighted by atomic mass is 32.2. The van der Waals surface area contributed by atoms with Crippen LogP contribution in [0.25, 0.3) is 22.2 Å². The van der Waals surface area contributed by atoms with Gasteiger partial charge in [-0.25, -0.2) is 4.79 Å². The van der Waals surface area contributed by atoms with Gasteiger partial charge < -0.3 is 4.57 Å². The van der Waals surface area contributed by atoms with Crippen LogP contribution in [0.15, 0.2) is 137 Å². The lowest BCUT2D eigenvalue weighted by molar-refractivity contribution is 0.674. The smallest absolute Gasteiger partial charge is 0.330 e. The number of rotatable bonds is 8. The van der Waals surface area contributed by atoms with Gasteiger partial charge in [-0.3, -0.25) is 13.9 Å². The van der Waals surface area contributed by atoms with E-state index in [0.717, 1.165) is 11.3 Å². The third-order valence-corrected chi connectivity index (χ3v) is 9.63. The van der Waals surface area contributed by atoms with Crippen LogP contribution in [0, 0.1) is 6.92 Å². The predicted octanol–water partition coefficient (Wildman–Crippen LogP) is 6.81. The molecule has 6 aromatic rings. The molecular formula is C36H32N3O2S. The molecule has 4 aromatic carbocycles. The molecule has 6 heteroatoms. The molecule has 0 spiro atoms. The van der Waals surface area contributed by atoms with Crippen LogP contribution >= 0.6 is 11.8 Å². The van der Waals surface area contributed by atoms with Gasteiger partial charge in [-0.05, 0) is 29.2 Å². The SMILES string of the molecule is [CH2][C@@H](CSC(c1ccccc1)(c1ccccc1)c1ccccc1)n1cc2c(c1-c1ccccc1)c(=O)n(C)c(=O)n2C. The van der Waals surface area contributed by atoms with Gasteiger partial charge in [0.1, 0.15) is 0 Å². The van der Waals surface area contributed by atoms with E-state index in [4.69, 9.17) is 0 Å². The van der Waals surface area contributed by atoms with Gasteiger partial charge in [0.15, 0.2) is 0 Å². The maximum absolute atomic E-state index is 13.5. The summed E-state index contributed by atoms with van der Waals surface area (Å²) in [5.74, 6) is 0.633. The summed E-state index contributed by atoms with van der Waals surface area (Å²) in [5.41, 5.74) is 5.15. The number of nitrogens with zero attached hydrogens (tertiary/aromatic N) is 3. The fourth-order valence-corrected chi connectivity index (χ4v) is 7.32. The molecule has 6 rings (SSSR count). The summed E-state index contributed by atoms with van der Waals surface area (Å²) in [5, 5.41) is 0.518. The predicted molar refractivity (Wildman–Crippen MR) is 174 cm³/mol. The van der Waals surface area contributed by atoms with Gasteiger partial charge in [0.05, 0.1) is 21.3 Å². The van der Waals surface area contributed by atoms with Gasteiger partial charge in [-0.2, -0.15) is 0 Å². The highest BCUT2D eigenvalue weighted by Gasteiger charge is 2.37.